The van der Waals surface area contributed by atoms with E-state index >= 15 is 0 Å². The van der Waals surface area contributed by atoms with Crippen LogP contribution >= 0.6 is 12.6 Å². The molecule has 212 valence electrons. The Morgan fingerprint density at radius 3 is 2.16 bits per heavy atom. The van der Waals surface area contributed by atoms with Gasteiger partial charge in [0.2, 0.25) is 11.8 Å². The number of amides is 3. The van der Waals surface area contributed by atoms with Crippen molar-refractivity contribution in [3.05, 3.63) is 35.4 Å². The molecular weight excluding hydrogens is 498 g/mol. The van der Waals surface area contributed by atoms with Gasteiger partial charge in [-0.2, -0.15) is 12.6 Å². The molecule has 0 aliphatic rings. The number of benzene rings is 1. The Morgan fingerprint density at radius 2 is 1.61 bits per heavy atom. The van der Waals surface area contributed by atoms with E-state index < -0.39 is 23.8 Å². The van der Waals surface area contributed by atoms with E-state index in [0.29, 0.717) is 24.2 Å². The molecule has 0 heterocycles. The smallest absolute Gasteiger partial charge is 0.408 e. The van der Waals surface area contributed by atoms with Gasteiger partial charge in [0.1, 0.15) is 17.7 Å². The van der Waals surface area contributed by atoms with Gasteiger partial charge < -0.3 is 20.3 Å². The molecule has 0 aliphatic carbocycles. The summed E-state index contributed by atoms with van der Waals surface area (Å²) in [5.74, 6) is 2.01. The van der Waals surface area contributed by atoms with Crippen molar-refractivity contribution in [1.29, 1.82) is 0 Å². The summed E-state index contributed by atoms with van der Waals surface area (Å²) in [6.07, 6.45) is 12.8. The predicted octanol–water partition coefficient (Wildman–Crippen LogP) is 5.64. The number of ether oxygens (including phenoxy) is 1. The Labute approximate surface area is 235 Å². The van der Waals surface area contributed by atoms with E-state index in [2.05, 4.69) is 43.0 Å². The Kier molecular flexibility index (Phi) is 15.6. The highest BCUT2D eigenvalue weighted by atomic mass is 32.1. The second-order valence-electron chi connectivity index (χ2n) is 10.5. The summed E-state index contributed by atoms with van der Waals surface area (Å²) in [6, 6.07) is 5.29. The average molecular weight is 546 g/mol. The standard InChI is InChI=1S/C30H47N3O4S/c1-7-10-12-13-14-15-21-33(28(35)25(22-38)32-29(36)37-30(4,5)6)26(27(34)31-20-11-8-2)24-18-16-23(9-3)17-19-24/h3,16-19,25-26,38H,7-8,10-15,20-22H2,1-2,4-6H3,(H,31,34)(H,32,36). The average Bonchev–Trinajstić information content (AvgIpc) is 2.87. The molecule has 0 radical (unpaired) electrons. The molecule has 7 nitrogen and oxygen atoms in total. The highest BCUT2D eigenvalue weighted by Gasteiger charge is 2.35. The summed E-state index contributed by atoms with van der Waals surface area (Å²) in [6.45, 7) is 10.4. The van der Waals surface area contributed by atoms with Crippen LogP contribution in [0.1, 0.15) is 103 Å². The van der Waals surface area contributed by atoms with Gasteiger partial charge in [-0.3, -0.25) is 9.59 Å². The SMILES string of the molecule is C#Cc1ccc(C(C(=O)NCCCC)N(CCCCCCCC)C(=O)C(CS)NC(=O)OC(C)(C)C)cc1. The Bertz CT molecular complexity index is 906. The summed E-state index contributed by atoms with van der Waals surface area (Å²) < 4.78 is 5.37. The lowest BCUT2D eigenvalue weighted by Gasteiger charge is -2.34. The number of carbonyl (C=O) groups excluding carboxylic acids is 3. The fourth-order valence-corrected chi connectivity index (χ4v) is 4.23. The van der Waals surface area contributed by atoms with E-state index in [1.807, 2.05) is 0 Å². The van der Waals surface area contributed by atoms with Crippen molar-refractivity contribution in [2.75, 3.05) is 18.8 Å². The second kappa shape index (κ2) is 17.8. The van der Waals surface area contributed by atoms with Crippen LogP contribution in [0.2, 0.25) is 0 Å². The van der Waals surface area contributed by atoms with E-state index in [-0.39, 0.29) is 17.6 Å². The minimum absolute atomic E-state index is 0.0608. The zero-order valence-electron chi connectivity index (χ0n) is 23.8. The van der Waals surface area contributed by atoms with Crippen molar-refractivity contribution in [2.45, 2.75) is 104 Å². The van der Waals surface area contributed by atoms with E-state index in [0.717, 1.165) is 44.9 Å². The number of thiol groups is 1. The molecule has 2 atom stereocenters. The third-order valence-electron chi connectivity index (χ3n) is 5.99. The molecule has 0 bridgehead atoms. The van der Waals surface area contributed by atoms with Crippen LogP contribution in [0, 0.1) is 12.3 Å². The Hall–Kier alpha value is -2.66. The number of hydrogen-bond acceptors (Lipinski definition) is 5. The lowest BCUT2D eigenvalue weighted by molar-refractivity contribution is -0.142. The van der Waals surface area contributed by atoms with Crippen molar-refractivity contribution in [1.82, 2.24) is 15.5 Å². The van der Waals surface area contributed by atoms with Gasteiger partial charge >= 0.3 is 6.09 Å². The van der Waals surface area contributed by atoms with E-state index in [9.17, 15) is 14.4 Å². The van der Waals surface area contributed by atoms with Crippen LogP contribution in [-0.4, -0.2) is 53.3 Å². The fourth-order valence-electron chi connectivity index (χ4n) is 3.98. The first-order valence-corrected chi connectivity index (χ1v) is 14.5. The highest BCUT2D eigenvalue weighted by Crippen LogP contribution is 2.24. The van der Waals surface area contributed by atoms with Crippen LogP contribution in [-0.2, 0) is 14.3 Å². The van der Waals surface area contributed by atoms with Crippen molar-refractivity contribution in [3.8, 4) is 12.3 Å². The summed E-state index contributed by atoms with van der Waals surface area (Å²) in [4.78, 5) is 41.5. The van der Waals surface area contributed by atoms with Crippen molar-refractivity contribution < 1.29 is 19.1 Å². The van der Waals surface area contributed by atoms with Crippen molar-refractivity contribution in [3.63, 3.8) is 0 Å². The van der Waals surface area contributed by atoms with Gasteiger partial charge in [0.25, 0.3) is 0 Å². The first-order chi connectivity index (χ1) is 18.1. The Balaban J connectivity index is 3.32. The number of hydrogen-bond donors (Lipinski definition) is 3. The van der Waals surface area contributed by atoms with Gasteiger partial charge in [0.15, 0.2) is 0 Å². The van der Waals surface area contributed by atoms with Crippen LogP contribution in [0.4, 0.5) is 4.79 Å². The molecule has 1 aromatic rings. The number of nitrogens with one attached hydrogen (secondary N) is 2. The minimum Gasteiger partial charge on any atom is -0.444 e. The largest absolute Gasteiger partial charge is 0.444 e. The molecule has 1 aromatic carbocycles. The summed E-state index contributed by atoms with van der Waals surface area (Å²) in [7, 11) is 0. The zero-order chi connectivity index (χ0) is 28.6. The van der Waals surface area contributed by atoms with Crippen LogP contribution < -0.4 is 10.6 Å². The summed E-state index contributed by atoms with van der Waals surface area (Å²) in [5, 5.41) is 5.64. The fraction of sp³-hybridized carbons (Fsp3) is 0.633. The molecular formula is C30H47N3O4S. The maximum absolute atomic E-state index is 13.9. The topological polar surface area (TPSA) is 87.7 Å². The summed E-state index contributed by atoms with van der Waals surface area (Å²) in [5.41, 5.74) is 0.632. The van der Waals surface area contributed by atoms with Gasteiger partial charge in [0.05, 0.1) is 0 Å². The lowest BCUT2D eigenvalue weighted by Crippen LogP contribution is -2.54. The highest BCUT2D eigenvalue weighted by molar-refractivity contribution is 7.80. The molecule has 0 saturated carbocycles. The molecule has 3 amide bonds. The lowest BCUT2D eigenvalue weighted by atomic mass is 10.0. The van der Waals surface area contributed by atoms with Crippen molar-refractivity contribution >= 4 is 30.5 Å². The van der Waals surface area contributed by atoms with Gasteiger partial charge in [-0.15, -0.1) is 6.42 Å². The predicted molar refractivity (Wildman–Crippen MR) is 157 cm³/mol. The van der Waals surface area contributed by atoms with Crippen LogP contribution in [0.25, 0.3) is 0 Å². The maximum Gasteiger partial charge on any atom is 0.408 e. The molecule has 8 heteroatoms. The number of terminal acetylenes is 1. The van der Waals surface area contributed by atoms with Crippen molar-refractivity contribution in [2.24, 2.45) is 0 Å². The summed E-state index contributed by atoms with van der Waals surface area (Å²) >= 11 is 4.35. The quantitative estimate of drug-likeness (QED) is 0.143. The molecule has 38 heavy (non-hydrogen) atoms. The number of rotatable bonds is 16. The first kappa shape index (κ1) is 33.4. The van der Waals surface area contributed by atoms with Gasteiger partial charge in [-0.05, 0) is 51.3 Å². The third kappa shape index (κ3) is 12.3. The molecule has 0 saturated heterocycles. The van der Waals surface area contributed by atoms with Gasteiger partial charge in [-0.1, -0.05) is 70.4 Å². The Morgan fingerprint density at radius 1 is 1.00 bits per heavy atom. The number of carbonyl (C=O) groups is 3. The maximum atomic E-state index is 13.9. The third-order valence-corrected chi connectivity index (χ3v) is 6.36. The molecule has 0 fully saturated rings. The van der Waals surface area contributed by atoms with Gasteiger partial charge in [0, 0.05) is 24.4 Å². The van der Waals surface area contributed by atoms with E-state index in [1.165, 1.54) is 6.42 Å². The normalized spacial score (nSPS) is 12.7. The molecule has 2 unspecified atom stereocenters. The van der Waals surface area contributed by atoms with E-state index in [1.54, 1.807) is 49.9 Å². The number of unbranched alkanes of at least 4 members (excludes halogenated alkanes) is 6. The molecule has 0 aromatic heterocycles. The number of alkyl carbamates (subject to hydrolysis) is 1. The zero-order valence-corrected chi connectivity index (χ0v) is 24.7. The first-order valence-electron chi connectivity index (χ1n) is 13.8. The molecule has 0 aliphatic heterocycles. The molecule has 1 rings (SSSR count). The number of nitrogens with zero attached hydrogens (tertiary/aromatic N) is 1. The molecule has 0 spiro atoms. The van der Waals surface area contributed by atoms with E-state index in [4.69, 9.17) is 11.2 Å². The monoisotopic (exact) mass is 545 g/mol. The molecule has 2 N–H and O–H groups in total. The minimum atomic E-state index is -0.954. The van der Waals surface area contributed by atoms with Crippen LogP contribution in [0.3, 0.4) is 0 Å². The van der Waals surface area contributed by atoms with Crippen LogP contribution in [0.5, 0.6) is 0 Å². The van der Waals surface area contributed by atoms with Gasteiger partial charge in [-0.25, -0.2) is 4.79 Å². The second-order valence-corrected chi connectivity index (χ2v) is 10.9. The van der Waals surface area contributed by atoms with Crippen LogP contribution in [0.15, 0.2) is 24.3 Å².